The molecule has 5 aromatic rings. The second kappa shape index (κ2) is 4.72. The Morgan fingerprint density at radius 3 is 2.83 bits per heavy atom. The topological polar surface area (TPSA) is 63.6 Å². The number of pyridine rings is 1. The van der Waals surface area contributed by atoms with Crippen LogP contribution in [0.1, 0.15) is 0 Å². The number of nitrogens with one attached hydrogen (secondary N) is 1. The van der Waals surface area contributed by atoms with E-state index < -0.39 is 0 Å². The number of fused-ring (bicyclic) bond motifs is 4. The van der Waals surface area contributed by atoms with Gasteiger partial charge in [-0.3, -0.25) is 14.9 Å². The average Bonchev–Trinajstić information content (AvgIpc) is 3.16. The van der Waals surface area contributed by atoms with Crippen LogP contribution in [0.25, 0.3) is 37.2 Å². The van der Waals surface area contributed by atoms with Gasteiger partial charge < -0.3 is 0 Å². The molecule has 5 rings (SSSR count). The highest BCUT2D eigenvalue weighted by Crippen LogP contribution is 2.26. The predicted octanol–water partition coefficient (Wildman–Crippen LogP) is 3.62. The molecule has 0 amide bonds. The molecular weight excluding hydrogens is 327 g/mol. The molecule has 0 aliphatic heterocycles. The van der Waals surface area contributed by atoms with Crippen molar-refractivity contribution < 1.29 is 4.39 Å². The molecule has 1 N–H and O–H groups in total. The van der Waals surface area contributed by atoms with Gasteiger partial charge in [-0.05, 0) is 30.3 Å². The van der Waals surface area contributed by atoms with Crippen molar-refractivity contribution >= 4 is 43.4 Å². The van der Waals surface area contributed by atoms with E-state index in [0.717, 1.165) is 10.2 Å². The quantitative estimate of drug-likeness (QED) is 0.508. The van der Waals surface area contributed by atoms with Crippen molar-refractivity contribution in [3.8, 4) is 5.13 Å². The number of aromatic nitrogens is 4. The fraction of sp³-hybridized carbons (Fsp3) is 0. The van der Waals surface area contributed by atoms with E-state index in [1.165, 1.54) is 34.3 Å². The Kier molecular flexibility index (Phi) is 2.63. The van der Waals surface area contributed by atoms with Crippen LogP contribution in [0.5, 0.6) is 0 Å². The lowest BCUT2D eigenvalue weighted by Gasteiger charge is -1.98. The van der Waals surface area contributed by atoms with Gasteiger partial charge >= 0.3 is 0 Å². The molecule has 0 aliphatic rings. The first-order valence-corrected chi connectivity index (χ1v) is 8.07. The molecular formula is C17H9FN4OS. The van der Waals surface area contributed by atoms with E-state index in [4.69, 9.17) is 0 Å². The first kappa shape index (κ1) is 13.4. The maximum Gasteiger partial charge on any atom is 0.282 e. The Bertz CT molecular complexity index is 1270. The molecule has 0 unspecified atom stereocenters. The van der Waals surface area contributed by atoms with E-state index in [0.29, 0.717) is 26.9 Å². The van der Waals surface area contributed by atoms with Crippen LogP contribution in [0, 0.1) is 5.82 Å². The minimum atomic E-state index is -0.370. The molecule has 2 aromatic carbocycles. The van der Waals surface area contributed by atoms with Gasteiger partial charge in [-0.15, -0.1) is 0 Å². The number of thiazole rings is 1. The first-order valence-electron chi connectivity index (χ1n) is 7.26. The number of aromatic amines is 1. The molecule has 0 saturated carbocycles. The molecule has 3 aromatic heterocycles. The Morgan fingerprint density at radius 2 is 1.96 bits per heavy atom. The largest absolute Gasteiger partial charge is 0.287 e. The molecule has 0 radical (unpaired) electrons. The van der Waals surface area contributed by atoms with Gasteiger partial charge in [-0.25, -0.2) is 9.37 Å². The van der Waals surface area contributed by atoms with Crippen LogP contribution in [-0.2, 0) is 0 Å². The number of para-hydroxylation sites is 1. The molecule has 3 heterocycles. The molecule has 7 heteroatoms. The Morgan fingerprint density at radius 1 is 1.08 bits per heavy atom. The monoisotopic (exact) mass is 336 g/mol. The Hall–Kier alpha value is -3.06. The normalized spacial score (nSPS) is 11.7. The van der Waals surface area contributed by atoms with Gasteiger partial charge in [0.2, 0.25) is 5.13 Å². The van der Waals surface area contributed by atoms with E-state index in [1.54, 1.807) is 6.07 Å². The SMILES string of the molecule is O=c1c2cnc3ccc(F)cc3c2[nH]n1-c1nc2ccccc2s1. The van der Waals surface area contributed by atoms with Crippen molar-refractivity contribution in [1.82, 2.24) is 19.7 Å². The second-order valence-corrected chi connectivity index (χ2v) is 6.43. The number of H-pyrrole nitrogens is 1. The number of hydrogen-bond acceptors (Lipinski definition) is 4. The van der Waals surface area contributed by atoms with Gasteiger partial charge in [-0.1, -0.05) is 23.5 Å². The molecule has 116 valence electrons. The van der Waals surface area contributed by atoms with Crippen molar-refractivity contribution in [2.24, 2.45) is 0 Å². The van der Waals surface area contributed by atoms with Gasteiger partial charge in [0.25, 0.3) is 5.56 Å². The van der Waals surface area contributed by atoms with E-state index in [2.05, 4.69) is 15.1 Å². The van der Waals surface area contributed by atoms with Crippen molar-refractivity contribution in [2.75, 3.05) is 0 Å². The average molecular weight is 336 g/mol. The smallest absolute Gasteiger partial charge is 0.282 e. The highest BCUT2D eigenvalue weighted by molar-refractivity contribution is 7.20. The Balaban J connectivity index is 1.86. The van der Waals surface area contributed by atoms with Crippen molar-refractivity contribution in [3.05, 3.63) is 64.8 Å². The summed E-state index contributed by atoms with van der Waals surface area (Å²) in [4.78, 5) is 21.4. The van der Waals surface area contributed by atoms with Crippen LogP contribution >= 0.6 is 11.3 Å². The van der Waals surface area contributed by atoms with Gasteiger partial charge in [0.1, 0.15) is 5.82 Å². The first-order chi connectivity index (χ1) is 11.7. The summed E-state index contributed by atoms with van der Waals surface area (Å²) >= 11 is 1.41. The lowest BCUT2D eigenvalue weighted by molar-refractivity contribution is 0.629. The van der Waals surface area contributed by atoms with Crippen LogP contribution in [0.3, 0.4) is 0 Å². The van der Waals surface area contributed by atoms with Crippen molar-refractivity contribution in [1.29, 1.82) is 0 Å². The zero-order valence-corrected chi connectivity index (χ0v) is 13.0. The van der Waals surface area contributed by atoms with Gasteiger partial charge in [0.15, 0.2) is 0 Å². The van der Waals surface area contributed by atoms with Gasteiger partial charge in [0.05, 0.1) is 26.6 Å². The number of nitrogens with zero attached hydrogens (tertiary/aromatic N) is 3. The van der Waals surface area contributed by atoms with Gasteiger partial charge in [0, 0.05) is 11.6 Å². The molecule has 0 spiro atoms. The third-order valence-electron chi connectivity index (χ3n) is 3.96. The third-order valence-corrected chi connectivity index (χ3v) is 4.98. The summed E-state index contributed by atoms with van der Waals surface area (Å²) in [5.74, 6) is -0.370. The number of benzene rings is 2. The van der Waals surface area contributed by atoms with Crippen LogP contribution in [-0.4, -0.2) is 19.7 Å². The number of halogens is 1. The van der Waals surface area contributed by atoms with E-state index in [1.807, 2.05) is 24.3 Å². The lowest BCUT2D eigenvalue weighted by Crippen LogP contribution is -2.13. The van der Waals surface area contributed by atoms with Crippen molar-refractivity contribution in [3.63, 3.8) is 0 Å². The fourth-order valence-electron chi connectivity index (χ4n) is 2.82. The van der Waals surface area contributed by atoms with E-state index in [-0.39, 0.29) is 11.4 Å². The molecule has 0 bridgehead atoms. The minimum Gasteiger partial charge on any atom is -0.287 e. The molecule has 0 saturated heterocycles. The Labute approximate surface area is 138 Å². The van der Waals surface area contributed by atoms with E-state index in [9.17, 15) is 9.18 Å². The molecule has 24 heavy (non-hydrogen) atoms. The predicted molar refractivity (Wildman–Crippen MR) is 92.3 cm³/mol. The van der Waals surface area contributed by atoms with Crippen LogP contribution < -0.4 is 5.56 Å². The molecule has 0 aliphatic carbocycles. The summed E-state index contributed by atoms with van der Waals surface area (Å²) in [6.07, 6.45) is 1.51. The summed E-state index contributed by atoms with van der Waals surface area (Å²) < 4.78 is 16.0. The minimum absolute atomic E-state index is 0.247. The standard InChI is InChI=1S/C17H9FN4OS/c18-9-5-6-12-10(7-9)15-11(8-19-12)16(23)22(21-15)17-20-13-3-1-2-4-14(13)24-17/h1-8,21H. The molecule has 0 atom stereocenters. The maximum atomic E-state index is 13.6. The summed E-state index contributed by atoms with van der Waals surface area (Å²) in [5.41, 5.74) is 1.77. The van der Waals surface area contributed by atoms with Crippen LogP contribution in [0.15, 0.2) is 53.5 Å². The fourth-order valence-corrected chi connectivity index (χ4v) is 3.75. The summed E-state index contributed by atoms with van der Waals surface area (Å²) in [5, 5.41) is 4.58. The lowest BCUT2D eigenvalue weighted by atomic mass is 10.2. The van der Waals surface area contributed by atoms with Crippen LogP contribution in [0.2, 0.25) is 0 Å². The van der Waals surface area contributed by atoms with Crippen molar-refractivity contribution in [2.45, 2.75) is 0 Å². The zero-order chi connectivity index (χ0) is 16.3. The maximum absolute atomic E-state index is 13.6. The molecule has 0 fully saturated rings. The highest BCUT2D eigenvalue weighted by atomic mass is 32.1. The summed E-state index contributed by atoms with van der Waals surface area (Å²) in [6.45, 7) is 0. The highest BCUT2D eigenvalue weighted by Gasteiger charge is 2.15. The van der Waals surface area contributed by atoms with E-state index >= 15 is 0 Å². The second-order valence-electron chi connectivity index (χ2n) is 5.42. The number of hydrogen-bond donors (Lipinski definition) is 1. The number of rotatable bonds is 1. The summed E-state index contributed by atoms with van der Waals surface area (Å²) in [7, 11) is 0. The summed E-state index contributed by atoms with van der Waals surface area (Å²) in [6, 6.07) is 12.0. The van der Waals surface area contributed by atoms with Gasteiger partial charge in [-0.2, -0.15) is 4.68 Å². The zero-order valence-electron chi connectivity index (χ0n) is 12.2. The van der Waals surface area contributed by atoms with Crippen LogP contribution in [0.4, 0.5) is 4.39 Å². The third kappa shape index (κ3) is 1.82. The molecule has 5 nitrogen and oxygen atoms in total.